The average Bonchev–Trinajstić information content (AvgIpc) is 2.47. The molecule has 0 aliphatic carbocycles. The summed E-state index contributed by atoms with van der Waals surface area (Å²) in [5, 5.41) is 3.92. The number of hydrogen-bond donors (Lipinski definition) is 1. The Morgan fingerprint density at radius 3 is 2.62 bits per heavy atom. The van der Waals surface area contributed by atoms with Crippen LogP contribution < -0.4 is 5.32 Å². The Hall–Kier alpha value is -0.620. The van der Waals surface area contributed by atoms with Crippen LogP contribution in [0.4, 0.5) is 0 Å². The van der Waals surface area contributed by atoms with Gasteiger partial charge in [0.25, 0.3) is 0 Å². The van der Waals surface area contributed by atoms with Gasteiger partial charge in [0.05, 0.1) is 5.75 Å². The first-order valence-corrected chi connectivity index (χ1v) is 9.31. The minimum absolute atomic E-state index is 0.191. The van der Waals surface area contributed by atoms with Gasteiger partial charge < -0.3 is 5.32 Å². The molecule has 1 heterocycles. The maximum Gasteiger partial charge on any atom is 0.214 e. The summed E-state index contributed by atoms with van der Waals surface area (Å²) in [4.78, 5) is 0. The number of halogens is 1. The van der Waals surface area contributed by atoms with Crippen LogP contribution in [0.1, 0.15) is 31.4 Å². The maximum absolute atomic E-state index is 12.6. The van der Waals surface area contributed by atoms with E-state index in [0.717, 1.165) is 31.5 Å². The van der Waals surface area contributed by atoms with Gasteiger partial charge in [0.2, 0.25) is 10.0 Å². The smallest absolute Gasteiger partial charge is 0.214 e. The van der Waals surface area contributed by atoms with E-state index < -0.39 is 10.0 Å². The summed E-state index contributed by atoms with van der Waals surface area (Å²) in [5.74, 6) is 0.428. The van der Waals surface area contributed by atoms with E-state index >= 15 is 0 Å². The van der Waals surface area contributed by atoms with E-state index in [1.54, 1.807) is 19.2 Å². The van der Waals surface area contributed by atoms with E-state index in [0.29, 0.717) is 5.02 Å². The topological polar surface area (TPSA) is 49.4 Å². The molecule has 6 heteroatoms. The van der Waals surface area contributed by atoms with Gasteiger partial charge in [-0.3, -0.25) is 0 Å². The molecule has 2 atom stereocenters. The van der Waals surface area contributed by atoms with Crippen molar-refractivity contribution in [3.63, 3.8) is 0 Å². The first kappa shape index (κ1) is 16.7. The third-order valence-corrected chi connectivity index (χ3v) is 6.52. The highest BCUT2D eigenvalue weighted by molar-refractivity contribution is 7.89. The lowest BCUT2D eigenvalue weighted by Crippen LogP contribution is -2.39. The second-order valence-corrected chi connectivity index (χ2v) is 8.24. The van der Waals surface area contributed by atoms with E-state index in [2.05, 4.69) is 5.32 Å². The van der Waals surface area contributed by atoms with E-state index in [9.17, 15) is 8.42 Å². The van der Waals surface area contributed by atoms with Crippen molar-refractivity contribution in [1.82, 2.24) is 9.62 Å². The predicted molar refractivity (Wildman–Crippen MR) is 87.0 cm³/mol. The van der Waals surface area contributed by atoms with Gasteiger partial charge in [-0.2, -0.15) is 4.31 Å². The lowest BCUT2D eigenvalue weighted by molar-refractivity contribution is 0.370. The van der Waals surface area contributed by atoms with Crippen molar-refractivity contribution in [1.29, 1.82) is 0 Å². The molecular weight excluding hydrogens is 308 g/mol. The van der Waals surface area contributed by atoms with Crippen molar-refractivity contribution in [2.24, 2.45) is 5.92 Å². The quantitative estimate of drug-likeness (QED) is 0.903. The van der Waals surface area contributed by atoms with E-state index in [4.69, 9.17) is 11.6 Å². The summed E-state index contributed by atoms with van der Waals surface area (Å²) in [6.45, 7) is 3.69. The second kappa shape index (κ2) is 7.09. The maximum atomic E-state index is 12.6. The van der Waals surface area contributed by atoms with Crippen LogP contribution in [0.25, 0.3) is 0 Å². The zero-order valence-corrected chi connectivity index (χ0v) is 14.1. The standard InChI is InChI=1S/C15H23ClN2O2S/c1-12(14-5-7-15(16)8-6-14)18(2)21(19,20)11-13-4-3-9-17-10-13/h5-8,12-13,17H,3-4,9-11H2,1-2H3. The molecule has 0 saturated carbocycles. The number of nitrogens with one attached hydrogen (secondary N) is 1. The minimum atomic E-state index is -3.26. The van der Waals surface area contributed by atoms with Crippen LogP contribution >= 0.6 is 11.6 Å². The van der Waals surface area contributed by atoms with E-state index in [-0.39, 0.29) is 17.7 Å². The third-order valence-electron chi connectivity index (χ3n) is 4.18. The van der Waals surface area contributed by atoms with Crippen LogP contribution in [0.15, 0.2) is 24.3 Å². The van der Waals surface area contributed by atoms with Crippen LogP contribution in [0.5, 0.6) is 0 Å². The molecule has 2 unspecified atom stereocenters. The highest BCUT2D eigenvalue weighted by Gasteiger charge is 2.28. The molecule has 1 aromatic rings. The van der Waals surface area contributed by atoms with E-state index in [1.807, 2.05) is 19.1 Å². The first-order chi connectivity index (χ1) is 9.90. The van der Waals surface area contributed by atoms with Crippen molar-refractivity contribution < 1.29 is 8.42 Å². The summed E-state index contributed by atoms with van der Waals surface area (Å²) in [5.41, 5.74) is 0.951. The minimum Gasteiger partial charge on any atom is -0.316 e. The molecule has 0 spiro atoms. The number of rotatable bonds is 5. The highest BCUT2D eigenvalue weighted by atomic mass is 35.5. The van der Waals surface area contributed by atoms with Gasteiger partial charge in [0.1, 0.15) is 0 Å². The van der Waals surface area contributed by atoms with Gasteiger partial charge in [0.15, 0.2) is 0 Å². The third kappa shape index (κ3) is 4.42. The Morgan fingerprint density at radius 1 is 1.38 bits per heavy atom. The van der Waals surface area contributed by atoms with Gasteiger partial charge in [-0.25, -0.2) is 8.42 Å². The molecule has 4 nitrogen and oxygen atoms in total. The van der Waals surface area contributed by atoms with Crippen LogP contribution in [0.3, 0.4) is 0 Å². The molecular formula is C15H23ClN2O2S. The van der Waals surface area contributed by atoms with Crippen molar-refractivity contribution in [3.05, 3.63) is 34.9 Å². The summed E-state index contributed by atoms with van der Waals surface area (Å²) in [6.07, 6.45) is 2.03. The monoisotopic (exact) mass is 330 g/mol. The molecule has 1 N–H and O–H groups in total. The van der Waals surface area contributed by atoms with Crippen LogP contribution in [0.2, 0.25) is 5.02 Å². The zero-order chi connectivity index (χ0) is 15.5. The number of hydrogen-bond acceptors (Lipinski definition) is 3. The van der Waals surface area contributed by atoms with Gasteiger partial charge in [-0.05, 0) is 56.5 Å². The van der Waals surface area contributed by atoms with Gasteiger partial charge >= 0.3 is 0 Å². The molecule has 1 aliphatic rings. The van der Waals surface area contributed by atoms with Crippen LogP contribution in [0, 0.1) is 5.92 Å². The van der Waals surface area contributed by atoms with Gasteiger partial charge in [0, 0.05) is 18.1 Å². The molecule has 1 aromatic carbocycles. The molecule has 1 aliphatic heterocycles. The Balaban J connectivity index is 2.05. The molecule has 0 aromatic heterocycles. The van der Waals surface area contributed by atoms with Crippen molar-refractivity contribution >= 4 is 21.6 Å². The fourth-order valence-electron chi connectivity index (χ4n) is 2.67. The molecule has 1 fully saturated rings. The second-order valence-electron chi connectivity index (χ2n) is 5.73. The van der Waals surface area contributed by atoms with Gasteiger partial charge in [-0.1, -0.05) is 23.7 Å². The number of nitrogens with zero attached hydrogens (tertiary/aromatic N) is 1. The van der Waals surface area contributed by atoms with Gasteiger partial charge in [-0.15, -0.1) is 0 Å². The Kier molecular flexibility index (Phi) is 5.66. The van der Waals surface area contributed by atoms with Crippen LogP contribution in [-0.2, 0) is 10.0 Å². The molecule has 21 heavy (non-hydrogen) atoms. The largest absolute Gasteiger partial charge is 0.316 e. The predicted octanol–water partition coefficient (Wildman–Crippen LogP) is 2.66. The summed E-state index contributed by atoms with van der Waals surface area (Å²) < 4.78 is 26.6. The number of sulfonamides is 1. The highest BCUT2D eigenvalue weighted by Crippen LogP contribution is 2.25. The molecule has 0 bridgehead atoms. The van der Waals surface area contributed by atoms with Crippen molar-refractivity contribution in [2.45, 2.75) is 25.8 Å². The average molecular weight is 331 g/mol. The summed E-state index contributed by atoms with van der Waals surface area (Å²) >= 11 is 5.88. The fraction of sp³-hybridized carbons (Fsp3) is 0.600. The van der Waals surface area contributed by atoms with Crippen LogP contribution in [-0.4, -0.2) is 38.6 Å². The lowest BCUT2D eigenvalue weighted by atomic mass is 10.0. The summed E-state index contributed by atoms with van der Waals surface area (Å²) in [6, 6.07) is 7.14. The first-order valence-electron chi connectivity index (χ1n) is 7.32. The van der Waals surface area contributed by atoms with Crippen molar-refractivity contribution in [2.75, 3.05) is 25.9 Å². The molecule has 0 radical (unpaired) electrons. The van der Waals surface area contributed by atoms with E-state index in [1.165, 1.54) is 4.31 Å². The number of benzene rings is 1. The Bertz CT molecular complexity index is 554. The summed E-state index contributed by atoms with van der Waals surface area (Å²) in [7, 11) is -1.60. The molecule has 1 saturated heterocycles. The molecule has 118 valence electrons. The Labute approximate surface area is 132 Å². The Morgan fingerprint density at radius 2 is 2.05 bits per heavy atom. The van der Waals surface area contributed by atoms with Crippen molar-refractivity contribution in [3.8, 4) is 0 Å². The molecule has 2 rings (SSSR count). The molecule has 0 amide bonds. The lowest BCUT2D eigenvalue weighted by Gasteiger charge is -2.28. The number of piperidine rings is 1. The normalized spacial score (nSPS) is 21.4. The fourth-order valence-corrected chi connectivity index (χ4v) is 4.52. The zero-order valence-electron chi connectivity index (χ0n) is 12.5. The SMILES string of the molecule is CC(c1ccc(Cl)cc1)N(C)S(=O)(=O)CC1CCCNC1.